The van der Waals surface area contributed by atoms with E-state index in [1.807, 2.05) is 12.1 Å². The molecule has 2 aliphatic rings. The van der Waals surface area contributed by atoms with Crippen LogP contribution in [0.15, 0.2) is 33.8 Å². The van der Waals surface area contributed by atoms with Gasteiger partial charge in [0.1, 0.15) is 5.69 Å². The summed E-state index contributed by atoms with van der Waals surface area (Å²) in [6.45, 7) is 6.63. The number of aromatic nitrogens is 6. The van der Waals surface area contributed by atoms with Crippen molar-refractivity contribution >= 4 is 34.5 Å². The quantitative estimate of drug-likeness (QED) is 0.318. The first-order valence-electron chi connectivity index (χ1n) is 14.0. The number of fused-ring (bicyclic) bond motifs is 1. The molecule has 210 valence electrons. The first-order valence-corrected chi connectivity index (χ1v) is 14.4. The second kappa shape index (κ2) is 10.4. The number of aromatic amines is 1. The van der Waals surface area contributed by atoms with Gasteiger partial charge in [-0.15, -0.1) is 0 Å². The number of quaternary nitrogens is 1. The summed E-state index contributed by atoms with van der Waals surface area (Å²) < 4.78 is 7.45. The first-order chi connectivity index (χ1) is 19.3. The van der Waals surface area contributed by atoms with Gasteiger partial charge in [0.25, 0.3) is 5.91 Å². The van der Waals surface area contributed by atoms with Crippen LogP contribution in [0.5, 0.6) is 0 Å². The summed E-state index contributed by atoms with van der Waals surface area (Å²) in [4.78, 5) is 41.6. The highest BCUT2D eigenvalue weighted by atomic mass is 35.5. The van der Waals surface area contributed by atoms with Crippen molar-refractivity contribution in [1.82, 2.24) is 34.1 Å². The van der Waals surface area contributed by atoms with Gasteiger partial charge in [-0.3, -0.25) is 23.9 Å². The van der Waals surface area contributed by atoms with Crippen molar-refractivity contribution < 1.29 is 9.32 Å². The molecule has 1 aliphatic carbocycles. The number of hydrogen-bond acceptors (Lipinski definition) is 7. The maximum absolute atomic E-state index is 12.8. The lowest BCUT2D eigenvalue weighted by atomic mass is 9.83. The maximum atomic E-state index is 12.8. The molecule has 0 aromatic carbocycles. The highest BCUT2D eigenvalue weighted by Crippen LogP contribution is 2.41. The standard InChI is InChI=1S/C28H33ClN8O3/c1-3-37(10-4-5-22(37)25(30)38)27-33-20-12-21(26-34-28(39)40-35-26)32-23(18-11-19(29)14-31-13-18)24(20)36(27)15-17-8-6-16(2)7-9-17/h11-14,16-17,22H,3-10,15H2,1-2H3,(H2-,30,34,35,38,39)/p+1/t16?,17?,22-,37?/m0/s1. The van der Waals surface area contributed by atoms with Gasteiger partial charge in [0, 0.05) is 37.3 Å². The number of nitrogens with one attached hydrogen (secondary N) is 1. The number of primary amides is 1. The summed E-state index contributed by atoms with van der Waals surface area (Å²) in [6.07, 6.45) is 9.55. The summed E-state index contributed by atoms with van der Waals surface area (Å²) >= 11 is 6.38. The predicted octanol–water partition coefficient (Wildman–Crippen LogP) is 4.29. The van der Waals surface area contributed by atoms with Gasteiger partial charge in [0.05, 0.1) is 34.8 Å². The molecule has 12 heteroatoms. The normalized spacial score (nSPS) is 25.0. The number of pyridine rings is 2. The van der Waals surface area contributed by atoms with Crippen LogP contribution in [0, 0.1) is 11.8 Å². The highest BCUT2D eigenvalue weighted by Gasteiger charge is 2.49. The number of likely N-dealkylation sites (tertiary alicyclic amines) is 1. The number of rotatable bonds is 7. The molecule has 2 atom stereocenters. The summed E-state index contributed by atoms with van der Waals surface area (Å²) in [7, 11) is 0. The van der Waals surface area contributed by atoms with Gasteiger partial charge in [0.15, 0.2) is 6.04 Å². The van der Waals surface area contributed by atoms with Crippen molar-refractivity contribution in [3.05, 3.63) is 40.1 Å². The molecule has 0 bridgehead atoms. The van der Waals surface area contributed by atoms with Crippen molar-refractivity contribution in [1.29, 1.82) is 0 Å². The van der Waals surface area contributed by atoms with Crippen LogP contribution in [-0.4, -0.2) is 54.7 Å². The minimum atomic E-state index is -0.669. The van der Waals surface area contributed by atoms with Crippen LogP contribution in [-0.2, 0) is 11.3 Å². The fraction of sp³-hybridized carbons (Fsp3) is 0.500. The Labute approximate surface area is 236 Å². The first kappa shape index (κ1) is 26.6. The fourth-order valence-corrected chi connectivity index (χ4v) is 6.92. The molecule has 4 aromatic heterocycles. The van der Waals surface area contributed by atoms with Crippen molar-refractivity contribution in [2.75, 3.05) is 13.1 Å². The molecule has 2 fully saturated rings. The summed E-state index contributed by atoms with van der Waals surface area (Å²) in [5, 5.41) is 4.35. The van der Waals surface area contributed by atoms with E-state index in [-0.39, 0.29) is 17.8 Å². The minimum absolute atomic E-state index is 0.205. The zero-order chi connectivity index (χ0) is 28.0. The number of carbonyl (C=O) groups excluding carboxylic acids is 1. The molecule has 1 aliphatic heterocycles. The van der Waals surface area contributed by atoms with Crippen molar-refractivity contribution in [3.63, 3.8) is 0 Å². The predicted molar refractivity (Wildman–Crippen MR) is 152 cm³/mol. The van der Waals surface area contributed by atoms with E-state index in [4.69, 9.17) is 31.8 Å². The molecule has 6 rings (SSSR count). The molecule has 1 saturated heterocycles. The Kier molecular flexibility index (Phi) is 6.95. The van der Waals surface area contributed by atoms with Crippen LogP contribution in [0.2, 0.25) is 5.02 Å². The largest absolute Gasteiger partial charge is 0.439 e. The Bertz CT molecular complexity index is 1620. The Hall–Kier alpha value is -3.57. The van der Waals surface area contributed by atoms with Crippen molar-refractivity contribution in [2.45, 2.75) is 65.0 Å². The van der Waals surface area contributed by atoms with Crippen LogP contribution >= 0.6 is 11.6 Å². The number of amides is 1. The van der Waals surface area contributed by atoms with Gasteiger partial charge in [-0.2, -0.15) is 4.98 Å². The molecule has 1 saturated carbocycles. The number of nitrogens with two attached hydrogens (primary N) is 1. The fourth-order valence-electron chi connectivity index (χ4n) is 6.75. The van der Waals surface area contributed by atoms with E-state index < -0.39 is 5.76 Å². The molecular formula is C28H34ClN8O3+. The van der Waals surface area contributed by atoms with E-state index in [0.717, 1.165) is 56.2 Å². The number of halogens is 1. The number of H-pyrrole nitrogens is 1. The highest BCUT2D eigenvalue weighted by molar-refractivity contribution is 6.30. The molecule has 5 heterocycles. The smallest absolute Gasteiger partial charge is 0.364 e. The zero-order valence-corrected chi connectivity index (χ0v) is 23.5. The molecule has 0 radical (unpaired) electrons. The second-order valence-electron chi connectivity index (χ2n) is 11.3. The number of hydrogen-bond donors (Lipinski definition) is 2. The number of likely N-dealkylation sites (N-methyl/N-ethyl adjacent to an activating group) is 1. The van der Waals surface area contributed by atoms with E-state index in [0.29, 0.717) is 44.4 Å². The number of nitrogens with zero attached hydrogens (tertiary/aromatic N) is 6. The van der Waals surface area contributed by atoms with Crippen LogP contribution in [0.3, 0.4) is 0 Å². The van der Waals surface area contributed by atoms with Crippen LogP contribution in [0.4, 0.5) is 5.95 Å². The Balaban J connectivity index is 1.64. The summed E-state index contributed by atoms with van der Waals surface area (Å²) in [5.74, 6) is 1.25. The molecule has 0 spiro atoms. The lowest BCUT2D eigenvalue weighted by Gasteiger charge is -2.36. The van der Waals surface area contributed by atoms with Crippen LogP contribution < -0.4 is 16.0 Å². The molecule has 40 heavy (non-hydrogen) atoms. The third-order valence-electron chi connectivity index (χ3n) is 8.86. The maximum Gasteiger partial charge on any atom is 0.439 e. The van der Waals surface area contributed by atoms with E-state index >= 15 is 0 Å². The molecule has 11 nitrogen and oxygen atoms in total. The van der Waals surface area contributed by atoms with Gasteiger partial charge in [-0.25, -0.2) is 14.3 Å². The molecule has 1 amide bonds. The van der Waals surface area contributed by atoms with Gasteiger partial charge >= 0.3 is 11.7 Å². The Morgan fingerprint density at radius 3 is 2.67 bits per heavy atom. The molecule has 4 aromatic rings. The van der Waals surface area contributed by atoms with Gasteiger partial charge < -0.3 is 5.73 Å². The van der Waals surface area contributed by atoms with E-state index in [2.05, 4.69) is 33.5 Å². The van der Waals surface area contributed by atoms with Gasteiger partial charge in [0.2, 0.25) is 5.82 Å². The average Bonchev–Trinajstić information content (AvgIpc) is 3.67. The monoisotopic (exact) mass is 565 g/mol. The van der Waals surface area contributed by atoms with E-state index in [1.54, 1.807) is 12.4 Å². The average molecular weight is 566 g/mol. The molecule has 3 N–H and O–H groups in total. The van der Waals surface area contributed by atoms with Crippen LogP contribution in [0.1, 0.15) is 52.4 Å². The van der Waals surface area contributed by atoms with Gasteiger partial charge in [-0.1, -0.05) is 36.5 Å². The second-order valence-corrected chi connectivity index (χ2v) is 11.8. The van der Waals surface area contributed by atoms with Crippen LogP contribution in [0.25, 0.3) is 33.8 Å². The summed E-state index contributed by atoms with van der Waals surface area (Å²) in [5.41, 5.74) is 9.26. The number of imidazole rings is 1. The number of carbonyl (C=O) groups is 1. The molecular weight excluding hydrogens is 532 g/mol. The van der Waals surface area contributed by atoms with Gasteiger partial charge in [-0.05, 0) is 43.7 Å². The topological polar surface area (TPSA) is 146 Å². The summed E-state index contributed by atoms with van der Waals surface area (Å²) in [6, 6.07) is 3.27. The lowest BCUT2D eigenvalue weighted by Crippen LogP contribution is -2.59. The molecule has 1 unspecified atom stereocenters. The van der Waals surface area contributed by atoms with E-state index in [1.165, 1.54) is 12.8 Å². The van der Waals surface area contributed by atoms with Crippen molar-refractivity contribution in [2.24, 2.45) is 17.6 Å². The van der Waals surface area contributed by atoms with E-state index in [9.17, 15) is 9.59 Å². The Morgan fingerprint density at radius 2 is 2.00 bits per heavy atom. The van der Waals surface area contributed by atoms with Crippen molar-refractivity contribution in [3.8, 4) is 22.8 Å². The Morgan fingerprint density at radius 1 is 1.20 bits per heavy atom. The zero-order valence-electron chi connectivity index (χ0n) is 22.8. The lowest BCUT2D eigenvalue weighted by molar-refractivity contribution is -0.122. The third-order valence-corrected chi connectivity index (χ3v) is 9.07. The third kappa shape index (κ3) is 4.60. The minimum Gasteiger partial charge on any atom is -0.364 e. The SMILES string of the molecule is CC[N+]1(c2nc3cc(-c4noc(=O)[nH]4)nc(-c4cncc(Cl)c4)c3n2CC2CCC(C)CC2)CCC[C@H]1C(N)=O.